The van der Waals surface area contributed by atoms with Crippen molar-refractivity contribution in [2.24, 2.45) is 0 Å². The lowest BCUT2D eigenvalue weighted by molar-refractivity contribution is 0.0743. The highest BCUT2D eigenvalue weighted by Crippen LogP contribution is 2.23. The van der Waals surface area contributed by atoms with Gasteiger partial charge in [-0.3, -0.25) is 4.79 Å². The molecule has 0 atom stereocenters. The van der Waals surface area contributed by atoms with Crippen molar-refractivity contribution < 1.29 is 9.90 Å². The molecule has 1 N–H and O–H groups in total. The summed E-state index contributed by atoms with van der Waals surface area (Å²) in [5.41, 5.74) is 3.49. The number of rotatable bonds is 4. The Morgan fingerprint density at radius 2 is 1.67 bits per heavy atom. The topological polar surface area (TPSA) is 69.6 Å². The molecular weight excluding hydrogens is 376 g/mol. The van der Waals surface area contributed by atoms with Gasteiger partial charge in [0, 0.05) is 37.9 Å². The summed E-state index contributed by atoms with van der Waals surface area (Å²) in [7, 11) is 0. The number of anilines is 1. The van der Waals surface area contributed by atoms with Gasteiger partial charge in [-0.2, -0.15) is 0 Å². The molecule has 4 rings (SSSR count). The zero-order valence-corrected chi connectivity index (χ0v) is 17.4. The Kier molecular flexibility index (Phi) is 5.65. The average Bonchev–Trinajstić information content (AvgIpc) is 2.75. The Morgan fingerprint density at radius 1 is 0.933 bits per heavy atom. The number of carbonyl (C=O) groups excluding carboxylic acids is 1. The molecule has 1 amide bonds. The minimum Gasteiger partial charge on any atom is -0.507 e. The molecule has 30 heavy (non-hydrogen) atoms. The van der Waals surface area contributed by atoms with Crippen LogP contribution in [0.25, 0.3) is 0 Å². The Morgan fingerprint density at radius 3 is 2.37 bits per heavy atom. The maximum atomic E-state index is 13.1. The largest absolute Gasteiger partial charge is 0.507 e. The second-order valence-electron chi connectivity index (χ2n) is 7.71. The maximum absolute atomic E-state index is 13.1. The van der Waals surface area contributed by atoms with Gasteiger partial charge in [-0.25, -0.2) is 9.97 Å². The molecule has 154 valence electrons. The van der Waals surface area contributed by atoms with E-state index < -0.39 is 0 Å². The van der Waals surface area contributed by atoms with Crippen LogP contribution in [0.5, 0.6) is 5.75 Å². The van der Waals surface area contributed by atoms with E-state index in [1.54, 1.807) is 11.0 Å². The van der Waals surface area contributed by atoms with Gasteiger partial charge in [0.15, 0.2) is 0 Å². The molecule has 0 unspecified atom stereocenters. The first-order valence-electron chi connectivity index (χ1n) is 10.2. The van der Waals surface area contributed by atoms with Gasteiger partial charge < -0.3 is 14.9 Å². The number of benzene rings is 2. The minimum atomic E-state index is -0.128. The molecular formula is C24H26N4O2. The van der Waals surface area contributed by atoms with Crippen molar-refractivity contribution in [2.75, 3.05) is 31.1 Å². The molecule has 0 spiro atoms. The summed E-state index contributed by atoms with van der Waals surface area (Å²) in [4.78, 5) is 25.9. The number of aromatic hydroxyl groups is 1. The fraction of sp³-hybridized carbons (Fsp3) is 0.292. The standard InChI is InChI=1S/C24H26N4O2/c1-17-14-23(26-18(2)25-17)27-10-12-28(13-11-27)24(30)21-16-20(8-9-22(21)29)15-19-6-4-3-5-7-19/h3-9,14,16,29H,10-13,15H2,1-2H3. The van der Waals surface area contributed by atoms with Crippen LogP contribution in [0.4, 0.5) is 5.82 Å². The van der Waals surface area contributed by atoms with Crippen molar-refractivity contribution in [3.05, 3.63) is 82.8 Å². The highest BCUT2D eigenvalue weighted by atomic mass is 16.3. The summed E-state index contributed by atoms with van der Waals surface area (Å²) in [5, 5.41) is 10.3. The molecule has 1 aromatic heterocycles. The highest BCUT2D eigenvalue weighted by molar-refractivity contribution is 5.97. The van der Waals surface area contributed by atoms with Crippen molar-refractivity contribution in [1.29, 1.82) is 0 Å². The van der Waals surface area contributed by atoms with Crippen LogP contribution in [0, 0.1) is 13.8 Å². The zero-order chi connectivity index (χ0) is 21.1. The quantitative estimate of drug-likeness (QED) is 0.725. The van der Waals surface area contributed by atoms with E-state index in [-0.39, 0.29) is 11.7 Å². The third kappa shape index (κ3) is 4.43. The summed E-state index contributed by atoms with van der Waals surface area (Å²) in [5.74, 6) is 1.56. The second-order valence-corrected chi connectivity index (χ2v) is 7.71. The normalized spacial score (nSPS) is 14.1. The van der Waals surface area contributed by atoms with Crippen LogP contribution in [0.1, 0.15) is 33.0 Å². The predicted octanol–water partition coefficient (Wildman–Crippen LogP) is 3.35. The molecule has 2 heterocycles. The molecule has 6 nitrogen and oxygen atoms in total. The molecule has 0 saturated carbocycles. The third-order valence-electron chi connectivity index (χ3n) is 5.39. The third-order valence-corrected chi connectivity index (χ3v) is 5.39. The number of hydrogen-bond acceptors (Lipinski definition) is 5. The van der Waals surface area contributed by atoms with E-state index in [2.05, 4.69) is 27.0 Å². The van der Waals surface area contributed by atoms with Gasteiger partial charge >= 0.3 is 0 Å². The lowest BCUT2D eigenvalue weighted by atomic mass is 10.0. The fourth-order valence-electron chi connectivity index (χ4n) is 3.86. The smallest absolute Gasteiger partial charge is 0.257 e. The molecule has 2 aromatic carbocycles. The summed E-state index contributed by atoms with van der Waals surface area (Å²) in [6.07, 6.45) is 0.724. The van der Waals surface area contributed by atoms with Crippen LogP contribution in [0.15, 0.2) is 54.6 Å². The molecule has 1 aliphatic rings. The number of aryl methyl sites for hydroxylation is 2. The van der Waals surface area contributed by atoms with Crippen molar-refractivity contribution in [2.45, 2.75) is 20.3 Å². The second kappa shape index (κ2) is 8.53. The highest BCUT2D eigenvalue weighted by Gasteiger charge is 2.25. The number of hydrogen-bond donors (Lipinski definition) is 1. The van der Waals surface area contributed by atoms with Crippen LogP contribution in [0.3, 0.4) is 0 Å². The van der Waals surface area contributed by atoms with Gasteiger partial charge in [0.05, 0.1) is 5.56 Å². The first-order valence-corrected chi connectivity index (χ1v) is 10.2. The summed E-state index contributed by atoms with van der Waals surface area (Å²) < 4.78 is 0. The molecule has 1 aliphatic heterocycles. The minimum absolute atomic E-state index is 0.0290. The van der Waals surface area contributed by atoms with E-state index in [9.17, 15) is 9.90 Å². The van der Waals surface area contributed by atoms with Gasteiger partial charge in [-0.15, -0.1) is 0 Å². The van der Waals surface area contributed by atoms with Crippen LogP contribution in [-0.4, -0.2) is 52.1 Å². The summed E-state index contributed by atoms with van der Waals surface area (Å²) >= 11 is 0. The number of nitrogens with zero attached hydrogens (tertiary/aromatic N) is 4. The maximum Gasteiger partial charge on any atom is 0.257 e. The van der Waals surface area contributed by atoms with Gasteiger partial charge in [0.25, 0.3) is 5.91 Å². The molecule has 3 aromatic rings. The summed E-state index contributed by atoms with van der Waals surface area (Å²) in [6, 6.07) is 17.4. The van der Waals surface area contributed by atoms with E-state index in [1.165, 1.54) is 5.56 Å². The van der Waals surface area contributed by atoms with E-state index >= 15 is 0 Å². The number of piperazine rings is 1. The van der Waals surface area contributed by atoms with Crippen LogP contribution in [0.2, 0.25) is 0 Å². The molecule has 0 radical (unpaired) electrons. The Hall–Kier alpha value is -3.41. The number of aromatic nitrogens is 2. The molecule has 0 aliphatic carbocycles. The van der Waals surface area contributed by atoms with E-state index in [0.717, 1.165) is 29.3 Å². The van der Waals surface area contributed by atoms with Crippen molar-refractivity contribution in [3.63, 3.8) is 0 Å². The number of phenolic OH excluding ortho intramolecular Hbond substituents is 1. The van der Waals surface area contributed by atoms with E-state index in [1.807, 2.05) is 50.2 Å². The van der Waals surface area contributed by atoms with Crippen LogP contribution >= 0.6 is 0 Å². The van der Waals surface area contributed by atoms with Gasteiger partial charge in [0.1, 0.15) is 17.4 Å². The molecule has 1 saturated heterocycles. The molecule has 1 fully saturated rings. The molecule has 6 heteroatoms. The first kappa shape index (κ1) is 19.9. The SMILES string of the molecule is Cc1cc(N2CCN(C(=O)c3cc(Cc4ccccc4)ccc3O)CC2)nc(C)n1. The van der Waals surface area contributed by atoms with Crippen molar-refractivity contribution in [3.8, 4) is 5.75 Å². The average molecular weight is 402 g/mol. The van der Waals surface area contributed by atoms with Gasteiger partial charge in [0.2, 0.25) is 0 Å². The Balaban J connectivity index is 1.45. The van der Waals surface area contributed by atoms with E-state index in [4.69, 9.17) is 0 Å². The number of carbonyl (C=O) groups is 1. The number of phenols is 1. The number of amides is 1. The van der Waals surface area contributed by atoms with Crippen LogP contribution in [-0.2, 0) is 6.42 Å². The fourth-order valence-corrected chi connectivity index (χ4v) is 3.86. The zero-order valence-electron chi connectivity index (χ0n) is 17.4. The van der Waals surface area contributed by atoms with Gasteiger partial charge in [-0.1, -0.05) is 36.4 Å². The van der Waals surface area contributed by atoms with Crippen molar-refractivity contribution >= 4 is 11.7 Å². The predicted molar refractivity (Wildman–Crippen MR) is 117 cm³/mol. The Labute approximate surface area is 176 Å². The summed E-state index contributed by atoms with van der Waals surface area (Å²) in [6.45, 7) is 6.43. The van der Waals surface area contributed by atoms with Crippen molar-refractivity contribution in [1.82, 2.24) is 14.9 Å². The van der Waals surface area contributed by atoms with E-state index in [0.29, 0.717) is 31.7 Å². The Bertz CT molecular complexity index is 1020. The monoisotopic (exact) mass is 402 g/mol. The lowest BCUT2D eigenvalue weighted by Crippen LogP contribution is -2.49. The molecule has 0 bridgehead atoms. The first-order chi connectivity index (χ1) is 14.5. The van der Waals surface area contributed by atoms with Gasteiger partial charge in [-0.05, 0) is 43.5 Å². The lowest BCUT2D eigenvalue weighted by Gasteiger charge is -2.35. The van der Waals surface area contributed by atoms with Crippen LogP contribution < -0.4 is 4.90 Å².